The lowest BCUT2D eigenvalue weighted by atomic mass is 9.92. The van der Waals surface area contributed by atoms with Crippen molar-refractivity contribution in [3.8, 4) is 11.1 Å². The summed E-state index contributed by atoms with van der Waals surface area (Å²) in [5, 5.41) is 11.1. The van der Waals surface area contributed by atoms with E-state index in [-0.39, 0.29) is 5.56 Å². The van der Waals surface area contributed by atoms with Gasteiger partial charge in [0.1, 0.15) is 16.9 Å². The number of nitrogens with two attached hydrogens (primary N) is 2. The van der Waals surface area contributed by atoms with E-state index in [9.17, 15) is 19.3 Å². The molecule has 0 saturated heterocycles. The van der Waals surface area contributed by atoms with Crippen LogP contribution in [0, 0.1) is 22.9 Å². The molecule has 4 N–H and O–H groups in total. The van der Waals surface area contributed by atoms with Crippen LogP contribution in [-0.4, -0.2) is 18.0 Å². The summed E-state index contributed by atoms with van der Waals surface area (Å²) >= 11 is 0. The molecule has 0 aromatic heterocycles. The normalized spacial score (nSPS) is 10.4. The first kappa shape index (κ1) is 16.2. The minimum Gasteiger partial charge on any atom is -0.465 e. The maximum absolute atomic E-state index is 14.7. The molecule has 0 aliphatic rings. The second kappa shape index (κ2) is 5.91. The molecule has 23 heavy (non-hydrogen) atoms. The number of nitrogens with zero attached hydrogens (tertiary/aromatic N) is 1. The Bertz CT molecular complexity index is 821. The Labute approximate surface area is 130 Å². The Kier molecular flexibility index (Phi) is 4.17. The predicted molar refractivity (Wildman–Crippen MR) is 83.4 cm³/mol. The highest BCUT2D eigenvalue weighted by Gasteiger charge is 2.33. The third kappa shape index (κ3) is 2.54. The Hall–Kier alpha value is -3.16. The molecule has 8 heteroatoms. The molecule has 2 aromatic rings. The van der Waals surface area contributed by atoms with E-state index in [1.807, 2.05) is 0 Å². The van der Waals surface area contributed by atoms with E-state index in [0.29, 0.717) is 11.1 Å². The smallest absolute Gasteiger partial charge is 0.340 e. The number of carbonyl (C=O) groups excluding carboxylic acids is 1. The van der Waals surface area contributed by atoms with Crippen molar-refractivity contribution in [2.24, 2.45) is 0 Å². The first-order valence-electron chi connectivity index (χ1n) is 6.50. The van der Waals surface area contributed by atoms with Crippen LogP contribution in [0.4, 0.5) is 21.5 Å². The summed E-state index contributed by atoms with van der Waals surface area (Å²) < 4.78 is 19.3. The molecule has 0 spiro atoms. The van der Waals surface area contributed by atoms with Crippen molar-refractivity contribution in [2.45, 2.75) is 6.92 Å². The van der Waals surface area contributed by atoms with Gasteiger partial charge in [0.25, 0.3) is 0 Å². The molecule has 0 amide bonds. The number of nitro benzene ring substituents is 1. The molecule has 7 nitrogen and oxygen atoms in total. The van der Waals surface area contributed by atoms with Crippen molar-refractivity contribution < 1.29 is 18.8 Å². The van der Waals surface area contributed by atoms with Crippen LogP contribution in [0.3, 0.4) is 0 Å². The summed E-state index contributed by atoms with van der Waals surface area (Å²) in [7, 11) is 1.07. The van der Waals surface area contributed by atoms with Gasteiger partial charge in [-0.1, -0.05) is 24.3 Å². The Morgan fingerprint density at radius 2 is 1.87 bits per heavy atom. The van der Waals surface area contributed by atoms with Gasteiger partial charge in [0.15, 0.2) is 5.82 Å². The molecule has 2 aromatic carbocycles. The number of nitro groups is 1. The fourth-order valence-electron chi connectivity index (χ4n) is 2.36. The van der Waals surface area contributed by atoms with Gasteiger partial charge in [0.2, 0.25) is 0 Å². The first-order chi connectivity index (χ1) is 10.8. The van der Waals surface area contributed by atoms with Gasteiger partial charge in [-0.25, -0.2) is 9.18 Å². The number of methoxy groups -OCH3 is 1. The lowest BCUT2D eigenvalue weighted by Crippen LogP contribution is -2.14. The van der Waals surface area contributed by atoms with E-state index in [1.165, 1.54) is 0 Å². The van der Waals surface area contributed by atoms with E-state index >= 15 is 0 Å². The van der Waals surface area contributed by atoms with E-state index in [1.54, 1.807) is 31.2 Å². The molecule has 0 radical (unpaired) electrons. The monoisotopic (exact) mass is 319 g/mol. The predicted octanol–water partition coefficient (Wildman–Crippen LogP) is 2.66. The molecule has 0 aliphatic heterocycles. The molecule has 120 valence electrons. The number of esters is 1. The molecule has 2 rings (SSSR count). The average molecular weight is 319 g/mol. The highest BCUT2D eigenvalue weighted by Crippen LogP contribution is 2.42. The van der Waals surface area contributed by atoms with E-state index in [0.717, 1.165) is 7.11 Å². The Morgan fingerprint density at radius 3 is 2.39 bits per heavy atom. The molecule has 0 atom stereocenters. The van der Waals surface area contributed by atoms with Gasteiger partial charge in [0, 0.05) is 5.56 Å². The standard InChI is InChI=1S/C15H14FN3O4/c1-7-5-3-4-6-8(7)9-10(15(20)23-2)12(17)14(19(21)22)13(18)11(9)16/h3-6H,17-18H2,1-2H3. The van der Waals surface area contributed by atoms with Crippen LogP contribution in [0.5, 0.6) is 0 Å². The zero-order valence-electron chi connectivity index (χ0n) is 12.4. The van der Waals surface area contributed by atoms with E-state index in [2.05, 4.69) is 4.74 Å². The largest absolute Gasteiger partial charge is 0.465 e. The quantitative estimate of drug-likeness (QED) is 0.388. The first-order valence-corrected chi connectivity index (χ1v) is 6.50. The molecule has 0 fully saturated rings. The lowest BCUT2D eigenvalue weighted by molar-refractivity contribution is -0.383. The van der Waals surface area contributed by atoms with Crippen molar-refractivity contribution in [1.82, 2.24) is 0 Å². The maximum Gasteiger partial charge on any atom is 0.340 e. The number of anilines is 2. The third-order valence-electron chi connectivity index (χ3n) is 3.47. The van der Waals surface area contributed by atoms with Gasteiger partial charge in [-0.15, -0.1) is 0 Å². The van der Waals surface area contributed by atoms with Crippen LogP contribution in [-0.2, 0) is 4.74 Å². The van der Waals surface area contributed by atoms with Gasteiger partial charge < -0.3 is 16.2 Å². The van der Waals surface area contributed by atoms with Crippen molar-refractivity contribution in [1.29, 1.82) is 0 Å². The minimum atomic E-state index is -1.08. The average Bonchev–Trinajstić information content (AvgIpc) is 2.50. The second-order valence-electron chi connectivity index (χ2n) is 4.80. The van der Waals surface area contributed by atoms with Crippen molar-refractivity contribution in [3.63, 3.8) is 0 Å². The molecule has 0 saturated carbocycles. The molecular formula is C15H14FN3O4. The summed E-state index contributed by atoms with van der Waals surface area (Å²) in [5.41, 5.74) is 9.52. The highest BCUT2D eigenvalue weighted by atomic mass is 19.1. The number of halogens is 1. The molecule has 0 bridgehead atoms. The lowest BCUT2D eigenvalue weighted by Gasteiger charge is -2.16. The second-order valence-corrected chi connectivity index (χ2v) is 4.80. The number of nitrogen functional groups attached to an aromatic ring is 2. The molecular weight excluding hydrogens is 305 g/mol. The maximum atomic E-state index is 14.7. The fraction of sp³-hybridized carbons (Fsp3) is 0.133. The summed E-state index contributed by atoms with van der Waals surface area (Å²) in [6.07, 6.45) is 0. The molecule has 0 heterocycles. The van der Waals surface area contributed by atoms with Crippen molar-refractivity contribution in [3.05, 3.63) is 51.3 Å². The number of hydrogen-bond acceptors (Lipinski definition) is 6. The third-order valence-corrected chi connectivity index (χ3v) is 3.47. The number of hydrogen-bond donors (Lipinski definition) is 2. The van der Waals surface area contributed by atoms with Crippen LogP contribution < -0.4 is 11.5 Å². The molecule has 0 unspecified atom stereocenters. The van der Waals surface area contributed by atoms with Gasteiger partial charge in [-0.05, 0) is 18.1 Å². The number of rotatable bonds is 3. The van der Waals surface area contributed by atoms with E-state index < -0.39 is 39.3 Å². The van der Waals surface area contributed by atoms with Crippen LogP contribution in [0.15, 0.2) is 24.3 Å². The summed E-state index contributed by atoms with van der Waals surface area (Å²) in [6, 6.07) is 6.62. The SMILES string of the molecule is COC(=O)c1c(N)c([N+](=O)[O-])c(N)c(F)c1-c1ccccc1C. The summed E-state index contributed by atoms with van der Waals surface area (Å²) in [5.74, 6) is -2.07. The summed E-state index contributed by atoms with van der Waals surface area (Å²) in [6.45, 7) is 1.70. The van der Waals surface area contributed by atoms with Gasteiger partial charge >= 0.3 is 11.7 Å². The number of benzene rings is 2. The number of carbonyl (C=O) groups is 1. The zero-order valence-corrected chi connectivity index (χ0v) is 12.4. The summed E-state index contributed by atoms with van der Waals surface area (Å²) in [4.78, 5) is 22.2. The van der Waals surface area contributed by atoms with Crippen LogP contribution in [0.25, 0.3) is 11.1 Å². The fourth-order valence-corrected chi connectivity index (χ4v) is 2.36. The number of aryl methyl sites for hydroxylation is 1. The number of ether oxygens (including phenoxy) is 1. The van der Waals surface area contributed by atoms with Gasteiger partial charge in [0.05, 0.1) is 12.0 Å². The Balaban J connectivity index is 3.00. The zero-order chi connectivity index (χ0) is 17.3. The molecule has 0 aliphatic carbocycles. The minimum absolute atomic E-state index is 0.212. The van der Waals surface area contributed by atoms with Crippen LogP contribution in [0.2, 0.25) is 0 Å². The topological polar surface area (TPSA) is 121 Å². The highest BCUT2D eigenvalue weighted by molar-refractivity contribution is 6.07. The Morgan fingerprint density at radius 1 is 1.26 bits per heavy atom. The van der Waals surface area contributed by atoms with Crippen LogP contribution in [0.1, 0.15) is 15.9 Å². The van der Waals surface area contributed by atoms with Crippen molar-refractivity contribution >= 4 is 23.0 Å². The van der Waals surface area contributed by atoms with Gasteiger partial charge in [-0.3, -0.25) is 10.1 Å². The van der Waals surface area contributed by atoms with Crippen molar-refractivity contribution in [2.75, 3.05) is 18.6 Å². The van der Waals surface area contributed by atoms with Crippen LogP contribution >= 0.6 is 0 Å². The van der Waals surface area contributed by atoms with E-state index in [4.69, 9.17) is 11.5 Å². The van der Waals surface area contributed by atoms with Gasteiger partial charge in [-0.2, -0.15) is 0 Å².